The monoisotopic (exact) mass is 327 g/mol. The van der Waals surface area contributed by atoms with Crippen molar-refractivity contribution in [1.29, 1.82) is 0 Å². The molecule has 0 saturated carbocycles. The van der Waals surface area contributed by atoms with Crippen molar-refractivity contribution in [3.63, 3.8) is 0 Å². The molecule has 0 amide bonds. The number of pyridine rings is 1. The van der Waals surface area contributed by atoms with Crippen LogP contribution in [0.1, 0.15) is 10.4 Å². The maximum atomic E-state index is 11.0. The zero-order chi connectivity index (χ0) is 13.1. The molecule has 2 rings (SSSR count). The van der Waals surface area contributed by atoms with E-state index >= 15 is 0 Å². The Bertz CT molecular complexity index is 604. The van der Waals surface area contributed by atoms with Crippen LogP contribution in [0.3, 0.4) is 0 Å². The fourth-order valence-electron chi connectivity index (χ4n) is 1.30. The lowest BCUT2D eigenvalue weighted by atomic mass is 10.3. The van der Waals surface area contributed by atoms with E-state index in [4.69, 9.17) is 21.4 Å². The van der Waals surface area contributed by atoms with Crippen LogP contribution < -0.4 is 4.74 Å². The lowest BCUT2D eigenvalue weighted by molar-refractivity contribution is 0.0693. The van der Waals surface area contributed by atoms with Crippen LogP contribution in [0, 0.1) is 0 Å². The van der Waals surface area contributed by atoms with Crippen LogP contribution in [0.5, 0.6) is 11.6 Å². The Labute approximate surface area is 116 Å². The van der Waals surface area contributed by atoms with Gasteiger partial charge in [-0.15, -0.1) is 0 Å². The molecule has 6 heteroatoms. The number of benzene rings is 1. The number of aromatic carboxylic acids is 1. The Morgan fingerprint density at radius 3 is 2.83 bits per heavy atom. The van der Waals surface area contributed by atoms with Crippen molar-refractivity contribution in [3.8, 4) is 11.6 Å². The topological polar surface area (TPSA) is 59.4 Å². The maximum absolute atomic E-state index is 11.0. The molecular formula is C12H7BrClNO3. The Hall–Kier alpha value is -1.59. The second-order valence-electron chi connectivity index (χ2n) is 3.34. The molecular weight excluding hydrogens is 321 g/mol. The van der Waals surface area contributed by atoms with Crippen LogP contribution in [0.4, 0.5) is 0 Å². The number of carboxylic acids is 1. The summed E-state index contributed by atoms with van der Waals surface area (Å²) >= 11 is 9.09. The Balaban J connectivity index is 2.37. The van der Waals surface area contributed by atoms with Crippen molar-refractivity contribution < 1.29 is 14.6 Å². The van der Waals surface area contributed by atoms with Crippen LogP contribution in [0.25, 0.3) is 0 Å². The summed E-state index contributed by atoms with van der Waals surface area (Å²) in [6, 6.07) is 7.89. The van der Waals surface area contributed by atoms with Gasteiger partial charge in [0.25, 0.3) is 0 Å². The summed E-state index contributed by atoms with van der Waals surface area (Å²) in [5, 5.41) is 9.55. The molecule has 0 aliphatic heterocycles. The first-order chi connectivity index (χ1) is 8.58. The van der Waals surface area contributed by atoms with E-state index < -0.39 is 5.97 Å². The van der Waals surface area contributed by atoms with Crippen molar-refractivity contribution >= 4 is 33.5 Å². The highest BCUT2D eigenvalue weighted by molar-refractivity contribution is 9.10. The Morgan fingerprint density at radius 1 is 1.39 bits per heavy atom. The number of hydrogen-bond donors (Lipinski definition) is 1. The van der Waals surface area contributed by atoms with Crippen molar-refractivity contribution in [2.75, 3.05) is 0 Å². The average Bonchev–Trinajstić information content (AvgIpc) is 2.33. The van der Waals surface area contributed by atoms with Crippen molar-refractivity contribution in [1.82, 2.24) is 4.98 Å². The summed E-state index contributed by atoms with van der Waals surface area (Å²) in [4.78, 5) is 14.9. The highest BCUT2D eigenvalue weighted by Gasteiger charge is 2.13. The van der Waals surface area contributed by atoms with Crippen LogP contribution in [0.2, 0.25) is 5.02 Å². The van der Waals surface area contributed by atoms with Crippen LogP contribution in [-0.2, 0) is 0 Å². The first-order valence-electron chi connectivity index (χ1n) is 4.89. The molecule has 0 atom stereocenters. The molecule has 0 radical (unpaired) electrons. The van der Waals surface area contributed by atoms with Crippen molar-refractivity contribution in [2.45, 2.75) is 0 Å². The first kappa shape index (κ1) is 12.9. The summed E-state index contributed by atoms with van der Waals surface area (Å²) in [5.74, 6) is -0.614. The number of aromatic nitrogens is 1. The highest BCUT2D eigenvalue weighted by Crippen LogP contribution is 2.32. The predicted octanol–water partition coefficient (Wildman–Crippen LogP) is 3.99. The van der Waals surface area contributed by atoms with Gasteiger partial charge in [-0.05, 0) is 46.3 Å². The number of carbonyl (C=O) groups is 1. The van der Waals surface area contributed by atoms with Crippen molar-refractivity contribution in [2.24, 2.45) is 0 Å². The Morgan fingerprint density at radius 2 is 2.17 bits per heavy atom. The van der Waals surface area contributed by atoms with Gasteiger partial charge < -0.3 is 9.84 Å². The summed E-state index contributed by atoms with van der Waals surface area (Å²) in [6.45, 7) is 0. The molecule has 92 valence electrons. The molecule has 1 heterocycles. The number of hydrogen-bond acceptors (Lipinski definition) is 3. The minimum Gasteiger partial charge on any atom is -0.477 e. The number of carboxylic acid groups (broad SMARTS) is 1. The summed E-state index contributed by atoms with van der Waals surface area (Å²) in [6.07, 6.45) is 1.46. The van der Waals surface area contributed by atoms with E-state index in [1.807, 2.05) is 0 Å². The minimum absolute atomic E-state index is 0.000602. The predicted molar refractivity (Wildman–Crippen MR) is 70.4 cm³/mol. The molecule has 0 aliphatic rings. The SMILES string of the molecule is O=C(O)c1cccnc1Oc1ccc(Cl)cc1Br. The average molecular weight is 329 g/mol. The third kappa shape index (κ3) is 2.80. The lowest BCUT2D eigenvalue weighted by Gasteiger charge is -2.08. The van der Waals surface area contributed by atoms with E-state index in [0.717, 1.165) is 0 Å². The molecule has 0 fully saturated rings. The van der Waals surface area contributed by atoms with E-state index in [2.05, 4.69) is 20.9 Å². The quantitative estimate of drug-likeness (QED) is 0.925. The highest BCUT2D eigenvalue weighted by atomic mass is 79.9. The summed E-state index contributed by atoms with van der Waals surface area (Å²) in [5.41, 5.74) is -0.000602. The number of rotatable bonds is 3. The summed E-state index contributed by atoms with van der Waals surface area (Å²) in [7, 11) is 0. The molecule has 1 N–H and O–H groups in total. The molecule has 2 aromatic rings. The van der Waals surface area contributed by atoms with Gasteiger partial charge in [0.2, 0.25) is 5.88 Å². The minimum atomic E-state index is -1.09. The number of halogens is 2. The molecule has 18 heavy (non-hydrogen) atoms. The fraction of sp³-hybridized carbons (Fsp3) is 0. The molecule has 0 saturated heterocycles. The van der Waals surface area contributed by atoms with Gasteiger partial charge in [0.1, 0.15) is 11.3 Å². The normalized spacial score (nSPS) is 10.1. The molecule has 4 nitrogen and oxygen atoms in total. The number of ether oxygens (including phenoxy) is 1. The van der Waals surface area contributed by atoms with Gasteiger partial charge in [-0.1, -0.05) is 11.6 Å². The Kier molecular flexibility index (Phi) is 3.84. The second kappa shape index (κ2) is 5.37. The van der Waals surface area contributed by atoms with Gasteiger partial charge in [-0.2, -0.15) is 0 Å². The zero-order valence-electron chi connectivity index (χ0n) is 8.93. The maximum Gasteiger partial charge on any atom is 0.341 e. The lowest BCUT2D eigenvalue weighted by Crippen LogP contribution is -2.01. The smallest absolute Gasteiger partial charge is 0.341 e. The van der Waals surface area contributed by atoms with E-state index in [-0.39, 0.29) is 11.4 Å². The number of nitrogens with zero attached hydrogens (tertiary/aromatic N) is 1. The van der Waals surface area contributed by atoms with Crippen LogP contribution in [-0.4, -0.2) is 16.1 Å². The van der Waals surface area contributed by atoms with E-state index in [1.54, 1.807) is 18.2 Å². The van der Waals surface area contributed by atoms with Crippen LogP contribution >= 0.6 is 27.5 Å². The van der Waals surface area contributed by atoms with E-state index in [9.17, 15) is 4.79 Å². The standard InChI is InChI=1S/C12H7BrClNO3/c13-9-6-7(14)3-4-10(9)18-11-8(12(16)17)2-1-5-15-11/h1-6H,(H,16,17). The molecule has 0 unspecified atom stereocenters. The summed E-state index contributed by atoms with van der Waals surface area (Å²) < 4.78 is 6.08. The van der Waals surface area contributed by atoms with Crippen molar-refractivity contribution in [3.05, 3.63) is 51.6 Å². The third-order valence-corrected chi connectivity index (χ3v) is 2.96. The zero-order valence-corrected chi connectivity index (χ0v) is 11.3. The fourth-order valence-corrected chi connectivity index (χ4v) is 2.06. The molecule has 0 bridgehead atoms. The van der Waals surface area contributed by atoms with Gasteiger partial charge in [-0.3, -0.25) is 0 Å². The molecule has 0 aliphatic carbocycles. The van der Waals surface area contributed by atoms with Gasteiger partial charge in [0.05, 0.1) is 4.47 Å². The molecule has 1 aromatic heterocycles. The molecule has 1 aromatic carbocycles. The van der Waals surface area contributed by atoms with Gasteiger partial charge in [0, 0.05) is 11.2 Å². The van der Waals surface area contributed by atoms with Gasteiger partial charge in [0.15, 0.2) is 0 Å². The third-order valence-electron chi connectivity index (χ3n) is 2.10. The van der Waals surface area contributed by atoms with Gasteiger partial charge >= 0.3 is 5.97 Å². The first-order valence-corrected chi connectivity index (χ1v) is 6.06. The van der Waals surface area contributed by atoms with E-state index in [1.165, 1.54) is 18.3 Å². The molecule has 0 spiro atoms. The van der Waals surface area contributed by atoms with Gasteiger partial charge in [-0.25, -0.2) is 9.78 Å². The van der Waals surface area contributed by atoms with Crippen LogP contribution in [0.15, 0.2) is 41.0 Å². The largest absolute Gasteiger partial charge is 0.477 e. The second-order valence-corrected chi connectivity index (χ2v) is 4.63. The van der Waals surface area contributed by atoms with E-state index in [0.29, 0.717) is 15.2 Å².